The van der Waals surface area contributed by atoms with Crippen molar-refractivity contribution in [1.82, 2.24) is 29.5 Å². The van der Waals surface area contributed by atoms with Crippen molar-refractivity contribution < 1.29 is 17.9 Å². The van der Waals surface area contributed by atoms with Crippen LogP contribution in [0.1, 0.15) is 24.2 Å². The summed E-state index contributed by atoms with van der Waals surface area (Å²) in [6.45, 7) is 3.08. The van der Waals surface area contributed by atoms with Crippen LogP contribution in [0.2, 0.25) is 0 Å². The molecule has 4 aromatic rings. The molecule has 2 atom stereocenters. The molecule has 1 aliphatic heterocycles. The fourth-order valence-electron chi connectivity index (χ4n) is 3.72. The Labute approximate surface area is 174 Å². The summed E-state index contributed by atoms with van der Waals surface area (Å²) in [6, 6.07) is 4.01. The van der Waals surface area contributed by atoms with Gasteiger partial charge in [-0.25, -0.2) is 15.0 Å². The van der Waals surface area contributed by atoms with E-state index in [1.807, 2.05) is 11.8 Å². The summed E-state index contributed by atoms with van der Waals surface area (Å²) in [6.07, 6.45) is 2.94. The second kappa shape index (κ2) is 7.34. The van der Waals surface area contributed by atoms with Gasteiger partial charge in [0.05, 0.1) is 42.0 Å². The van der Waals surface area contributed by atoms with Crippen molar-refractivity contribution in [3.05, 3.63) is 60.3 Å². The normalized spacial score (nSPS) is 19.8. The molecule has 0 unspecified atom stereocenters. The van der Waals surface area contributed by atoms with Gasteiger partial charge in [0.25, 0.3) is 0 Å². The number of alkyl halides is 3. The molecular formula is C20H18F3N7O. The van der Waals surface area contributed by atoms with E-state index in [4.69, 9.17) is 4.74 Å². The minimum absolute atomic E-state index is 0.0638. The molecule has 160 valence electrons. The molecule has 0 spiro atoms. The Morgan fingerprint density at radius 2 is 2.00 bits per heavy atom. The van der Waals surface area contributed by atoms with Gasteiger partial charge in [-0.15, -0.1) is 0 Å². The maximum atomic E-state index is 13.2. The highest BCUT2D eigenvalue weighted by Crippen LogP contribution is 2.31. The third-order valence-electron chi connectivity index (χ3n) is 5.17. The van der Waals surface area contributed by atoms with Crippen LogP contribution in [0.5, 0.6) is 0 Å². The number of morpholine rings is 1. The van der Waals surface area contributed by atoms with Gasteiger partial charge >= 0.3 is 6.18 Å². The summed E-state index contributed by atoms with van der Waals surface area (Å²) in [5, 5.41) is 6.76. The molecule has 8 nitrogen and oxygen atoms in total. The minimum atomic E-state index is -4.45. The molecule has 1 aliphatic rings. The number of hydrogen-bond donors (Lipinski definition) is 1. The molecule has 31 heavy (non-hydrogen) atoms. The summed E-state index contributed by atoms with van der Waals surface area (Å²) in [5.74, 6) is 0.475. The first-order chi connectivity index (χ1) is 14.9. The zero-order chi connectivity index (χ0) is 21.6. The van der Waals surface area contributed by atoms with Crippen LogP contribution in [-0.2, 0) is 10.9 Å². The van der Waals surface area contributed by atoms with Gasteiger partial charge in [-0.2, -0.15) is 18.3 Å². The number of imidazole rings is 1. The number of anilines is 1. The second-order valence-corrected chi connectivity index (χ2v) is 7.40. The van der Waals surface area contributed by atoms with E-state index in [1.54, 1.807) is 24.7 Å². The van der Waals surface area contributed by atoms with Crippen molar-refractivity contribution >= 4 is 11.6 Å². The lowest BCUT2D eigenvalue weighted by molar-refractivity contribution is -0.137. The van der Waals surface area contributed by atoms with Gasteiger partial charge in [0.2, 0.25) is 5.95 Å². The molecule has 0 radical (unpaired) electrons. The molecule has 11 heteroatoms. The lowest BCUT2D eigenvalue weighted by Gasteiger charge is -2.36. The van der Waals surface area contributed by atoms with E-state index in [9.17, 15) is 13.2 Å². The van der Waals surface area contributed by atoms with E-state index in [1.165, 1.54) is 16.7 Å². The maximum Gasteiger partial charge on any atom is 0.417 e. The molecule has 5 heterocycles. The molecule has 1 N–H and O–H groups in total. The number of ether oxygens (including phenoxy) is 1. The quantitative estimate of drug-likeness (QED) is 0.537. The van der Waals surface area contributed by atoms with Crippen molar-refractivity contribution in [2.45, 2.75) is 25.3 Å². The van der Waals surface area contributed by atoms with Gasteiger partial charge < -0.3 is 9.64 Å². The van der Waals surface area contributed by atoms with Gasteiger partial charge in [0, 0.05) is 30.7 Å². The number of H-pyrrole nitrogens is 1. The van der Waals surface area contributed by atoms with Crippen LogP contribution in [0, 0.1) is 0 Å². The summed E-state index contributed by atoms with van der Waals surface area (Å²) in [7, 11) is 0. The van der Waals surface area contributed by atoms with Gasteiger partial charge in [-0.3, -0.25) is 9.50 Å². The Bertz CT molecular complexity index is 1210. The molecule has 4 aromatic heterocycles. The minimum Gasteiger partial charge on any atom is -0.367 e. The van der Waals surface area contributed by atoms with Gasteiger partial charge in [0.1, 0.15) is 11.8 Å². The van der Waals surface area contributed by atoms with Crippen LogP contribution < -0.4 is 4.90 Å². The third kappa shape index (κ3) is 3.72. The molecule has 5 rings (SSSR count). The van der Waals surface area contributed by atoms with Crippen LogP contribution in [0.3, 0.4) is 0 Å². The first-order valence-corrected chi connectivity index (χ1v) is 9.65. The number of nitrogens with zero attached hydrogens (tertiary/aromatic N) is 6. The number of halogens is 3. The highest BCUT2D eigenvalue weighted by atomic mass is 19.4. The van der Waals surface area contributed by atoms with Crippen LogP contribution in [0.4, 0.5) is 19.1 Å². The first-order valence-electron chi connectivity index (χ1n) is 9.65. The van der Waals surface area contributed by atoms with E-state index in [2.05, 4.69) is 25.1 Å². The Morgan fingerprint density at radius 1 is 1.13 bits per heavy atom. The molecule has 0 amide bonds. The molecule has 0 aliphatic carbocycles. The highest BCUT2D eigenvalue weighted by molar-refractivity contribution is 5.61. The Morgan fingerprint density at radius 3 is 2.77 bits per heavy atom. The Hall–Kier alpha value is -3.47. The predicted octanol–water partition coefficient (Wildman–Crippen LogP) is 3.50. The maximum absolute atomic E-state index is 13.2. The molecule has 1 saturated heterocycles. The average Bonchev–Trinajstić information content (AvgIpc) is 3.42. The van der Waals surface area contributed by atoms with Crippen molar-refractivity contribution in [2.24, 2.45) is 0 Å². The van der Waals surface area contributed by atoms with Crippen molar-refractivity contribution in [1.29, 1.82) is 0 Å². The fraction of sp³-hybridized carbons (Fsp3) is 0.300. The largest absolute Gasteiger partial charge is 0.417 e. The Balaban J connectivity index is 1.49. The van der Waals surface area contributed by atoms with Gasteiger partial charge in [0.15, 0.2) is 0 Å². The predicted molar refractivity (Wildman–Crippen MR) is 105 cm³/mol. The lowest BCUT2D eigenvalue weighted by Crippen LogP contribution is -2.43. The fourth-order valence-corrected chi connectivity index (χ4v) is 3.72. The number of rotatable bonds is 3. The number of aromatic amines is 1. The van der Waals surface area contributed by atoms with Gasteiger partial charge in [-0.05, 0) is 25.1 Å². The SMILES string of the molecule is C[C@H]1CN(c2nccc(-c3cnc4ccc(C(F)(F)F)cn34)n2)C[C@H](c2cn[nH]c2)O1. The van der Waals surface area contributed by atoms with Crippen LogP contribution in [0.25, 0.3) is 17.0 Å². The molecule has 0 aromatic carbocycles. The summed E-state index contributed by atoms with van der Waals surface area (Å²) < 4.78 is 46.9. The first kappa shape index (κ1) is 19.5. The second-order valence-electron chi connectivity index (χ2n) is 7.40. The van der Waals surface area contributed by atoms with Crippen molar-refractivity contribution in [3.63, 3.8) is 0 Å². The highest BCUT2D eigenvalue weighted by Gasteiger charge is 2.31. The molecular weight excluding hydrogens is 411 g/mol. The average molecular weight is 429 g/mol. The zero-order valence-electron chi connectivity index (χ0n) is 16.4. The lowest BCUT2D eigenvalue weighted by atomic mass is 10.1. The molecule has 0 bridgehead atoms. The smallest absolute Gasteiger partial charge is 0.367 e. The number of pyridine rings is 1. The van der Waals surface area contributed by atoms with E-state index < -0.39 is 11.7 Å². The van der Waals surface area contributed by atoms with E-state index in [0.717, 1.165) is 17.8 Å². The number of aromatic nitrogens is 6. The van der Waals surface area contributed by atoms with E-state index in [-0.39, 0.29) is 12.2 Å². The number of hydrogen-bond acceptors (Lipinski definition) is 6. The van der Waals surface area contributed by atoms with Crippen LogP contribution in [-0.4, -0.2) is 48.7 Å². The summed E-state index contributed by atoms with van der Waals surface area (Å²) in [4.78, 5) is 15.2. The topological polar surface area (TPSA) is 84.2 Å². The molecule has 1 fully saturated rings. The van der Waals surface area contributed by atoms with Crippen molar-refractivity contribution in [3.8, 4) is 11.4 Å². The molecule has 0 saturated carbocycles. The van der Waals surface area contributed by atoms with Crippen molar-refractivity contribution in [2.75, 3.05) is 18.0 Å². The number of nitrogens with one attached hydrogen (secondary N) is 1. The number of fused-ring (bicyclic) bond motifs is 1. The summed E-state index contributed by atoms with van der Waals surface area (Å²) >= 11 is 0. The van der Waals surface area contributed by atoms with Crippen LogP contribution in [0.15, 0.2) is 49.2 Å². The van der Waals surface area contributed by atoms with Crippen LogP contribution >= 0.6 is 0 Å². The zero-order valence-corrected chi connectivity index (χ0v) is 16.4. The third-order valence-corrected chi connectivity index (χ3v) is 5.17. The van der Waals surface area contributed by atoms with Gasteiger partial charge in [-0.1, -0.05) is 0 Å². The Kier molecular flexibility index (Phi) is 4.62. The van der Waals surface area contributed by atoms with E-state index >= 15 is 0 Å². The monoisotopic (exact) mass is 429 g/mol. The van der Waals surface area contributed by atoms with E-state index in [0.29, 0.717) is 36.1 Å². The standard InChI is InChI=1S/C20H18F3N7O/c1-12-9-29(11-17(31-12)13-6-26-27-7-13)19-24-5-4-15(28-19)16-8-25-18-3-2-14(10-30(16)18)20(21,22)23/h2-8,10,12,17H,9,11H2,1H3,(H,26,27)/t12-,17+/m0/s1. The summed E-state index contributed by atoms with van der Waals surface area (Å²) in [5.41, 5.74) is 1.52.